The number of nitrogens with zero attached hydrogens (tertiary/aromatic N) is 3. The number of fused-ring (bicyclic) bond motifs is 1. The highest BCUT2D eigenvalue weighted by atomic mass is 16.5. The van der Waals surface area contributed by atoms with Gasteiger partial charge in [-0.2, -0.15) is 0 Å². The Labute approximate surface area is 209 Å². The number of imide groups is 1. The first-order valence-corrected chi connectivity index (χ1v) is 14.0. The molecule has 4 fully saturated rings. The quantitative estimate of drug-likeness (QED) is 0.628. The number of benzene rings is 1. The van der Waals surface area contributed by atoms with Gasteiger partial charge in [-0.05, 0) is 49.7 Å². The van der Waals surface area contributed by atoms with Crippen molar-refractivity contribution in [1.29, 1.82) is 0 Å². The summed E-state index contributed by atoms with van der Waals surface area (Å²) in [6, 6.07) is 6.77. The van der Waals surface area contributed by atoms with Gasteiger partial charge in [0.25, 0.3) is 0 Å². The Morgan fingerprint density at radius 3 is 2.46 bits per heavy atom. The Morgan fingerprint density at radius 2 is 1.69 bits per heavy atom. The number of piperazine rings is 1. The number of anilines is 2. The van der Waals surface area contributed by atoms with E-state index in [2.05, 4.69) is 38.2 Å². The average molecular weight is 481 g/mol. The second kappa shape index (κ2) is 10.00. The number of hydrogen-bond acceptors (Lipinski definition) is 6. The van der Waals surface area contributed by atoms with E-state index in [0.717, 1.165) is 61.2 Å². The average Bonchev–Trinajstić information content (AvgIpc) is 3.32. The fourth-order valence-corrected chi connectivity index (χ4v) is 7.03. The van der Waals surface area contributed by atoms with Crippen molar-refractivity contribution in [2.24, 2.45) is 11.8 Å². The maximum atomic E-state index is 12.5. The van der Waals surface area contributed by atoms with E-state index < -0.39 is 0 Å². The van der Waals surface area contributed by atoms with Gasteiger partial charge in [-0.15, -0.1) is 0 Å². The number of rotatable bonds is 6. The summed E-state index contributed by atoms with van der Waals surface area (Å²) in [5.74, 6) is 2.54. The van der Waals surface area contributed by atoms with E-state index in [1.807, 2.05) is 0 Å². The fourth-order valence-electron chi connectivity index (χ4n) is 7.03. The minimum atomic E-state index is -0.304. The summed E-state index contributed by atoms with van der Waals surface area (Å²) in [5.41, 5.74) is 2.12. The molecule has 7 heteroatoms. The first-order valence-electron chi connectivity index (χ1n) is 14.0. The fraction of sp³-hybridized carbons (Fsp3) is 0.714. The zero-order chi connectivity index (χ0) is 23.8. The third kappa shape index (κ3) is 4.76. The van der Waals surface area contributed by atoms with Gasteiger partial charge in [-0.1, -0.05) is 38.2 Å². The molecule has 0 radical (unpaired) electrons. The lowest BCUT2D eigenvalue weighted by Gasteiger charge is -2.42. The van der Waals surface area contributed by atoms with Crippen LogP contribution >= 0.6 is 0 Å². The Kier molecular flexibility index (Phi) is 6.61. The first-order chi connectivity index (χ1) is 17.2. The van der Waals surface area contributed by atoms with Crippen LogP contribution in [0, 0.1) is 11.8 Å². The van der Waals surface area contributed by atoms with Crippen LogP contribution in [0.4, 0.5) is 11.4 Å². The zero-order valence-corrected chi connectivity index (χ0v) is 20.9. The van der Waals surface area contributed by atoms with Crippen molar-refractivity contribution >= 4 is 23.2 Å². The van der Waals surface area contributed by atoms with Gasteiger partial charge in [0.05, 0.1) is 17.9 Å². The number of amides is 2. The summed E-state index contributed by atoms with van der Waals surface area (Å²) in [5, 5.41) is 2.51. The van der Waals surface area contributed by atoms with E-state index in [0.29, 0.717) is 26.0 Å². The third-order valence-corrected chi connectivity index (χ3v) is 9.34. The molecule has 0 aromatic heterocycles. The Bertz CT molecular complexity index is 940. The molecular weight excluding hydrogens is 440 g/mol. The molecule has 3 unspecified atom stereocenters. The summed E-state index contributed by atoms with van der Waals surface area (Å²) in [6.07, 6.45) is 12.5. The molecule has 1 aromatic rings. The van der Waals surface area contributed by atoms with Gasteiger partial charge < -0.3 is 14.5 Å². The van der Waals surface area contributed by atoms with Gasteiger partial charge in [0.1, 0.15) is 12.6 Å². The first kappa shape index (κ1) is 23.1. The smallest absolute Gasteiger partial charge is 0.249 e. The molecule has 190 valence electrons. The van der Waals surface area contributed by atoms with E-state index >= 15 is 0 Å². The van der Waals surface area contributed by atoms with Crippen LogP contribution < -0.4 is 19.9 Å². The number of ether oxygens (including phenoxy) is 1. The van der Waals surface area contributed by atoms with Crippen molar-refractivity contribution in [2.45, 2.75) is 76.3 Å². The number of carbonyl (C=O) groups excluding carboxylic acids is 2. The molecule has 3 heterocycles. The van der Waals surface area contributed by atoms with Crippen LogP contribution in [0.15, 0.2) is 18.2 Å². The van der Waals surface area contributed by atoms with Crippen molar-refractivity contribution in [3.8, 4) is 5.75 Å². The molecule has 3 aliphatic heterocycles. The van der Waals surface area contributed by atoms with Crippen LogP contribution in [-0.4, -0.2) is 68.1 Å². The summed E-state index contributed by atoms with van der Waals surface area (Å²) in [7, 11) is 0. The van der Waals surface area contributed by atoms with Crippen LogP contribution in [0.2, 0.25) is 0 Å². The van der Waals surface area contributed by atoms with E-state index in [1.165, 1.54) is 51.4 Å². The predicted molar refractivity (Wildman–Crippen MR) is 137 cm³/mol. The number of nitrogens with one attached hydrogen (secondary N) is 1. The molecule has 2 aliphatic carbocycles. The molecule has 1 aromatic carbocycles. The van der Waals surface area contributed by atoms with Gasteiger partial charge in [0, 0.05) is 38.6 Å². The second-order valence-corrected chi connectivity index (χ2v) is 11.4. The monoisotopic (exact) mass is 480 g/mol. The molecule has 1 N–H and O–H groups in total. The van der Waals surface area contributed by atoms with Gasteiger partial charge >= 0.3 is 0 Å². The molecule has 6 rings (SSSR count). The minimum Gasteiger partial charge on any atom is -0.487 e. The Hall–Kier alpha value is -2.28. The lowest BCUT2D eigenvalue weighted by atomic mass is 9.80. The van der Waals surface area contributed by atoms with Crippen LogP contribution in [0.5, 0.6) is 5.75 Å². The van der Waals surface area contributed by atoms with Crippen molar-refractivity contribution < 1.29 is 14.3 Å². The highest BCUT2D eigenvalue weighted by Crippen LogP contribution is 2.43. The predicted octanol–water partition coefficient (Wildman–Crippen LogP) is 3.56. The summed E-state index contributed by atoms with van der Waals surface area (Å²) in [4.78, 5) is 31.5. The van der Waals surface area contributed by atoms with E-state index in [1.54, 1.807) is 0 Å². The van der Waals surface area contributed by atoms with Gasteiger partial charge in [-0.25, -0.2) is 0 Å². The molecule has 2 saturated carbocycles. The Morgan fingerprint density at radius 1 is 0.886 bits per heavy atom. The molecule has 2 amide bonds. The number of piperidine rings is 1. The van der Waals surface area contributed by atoms with Crippen LogP contribution in [0.3, 0.4) is 0 Å². The lowest BCUT2D eigenvalue weighted by molar-refractivity contribution is -0.134. The molecule has 7 nitrogen and oxygen atoms in total. The molecule has 5 aliphatic rings. The zero-order valence-electron chi connectivity index (χ0n) is 20.9. The summed E-state index contributed by atoms with van der Waals surface area (Å²) < 4.78 is 6.19. The largest absolute Gasteiger partial charge is 0.487 e. The van der Waals surface area contributed by atoms with Gasteiger partial charge in [-0.3, -0.25) is 19.8 Å². The van der Waals surface area contributed by atoms with Crippen molar-refractivity contribution in [1.82, 2.24) is 10.2 Å². The van der Waals surface area contributed by atoms with E-state index in [-0.39, 0.29) is 17.9 Å². The van der Waals surface area contributed by atoms with Crippen molar-refractivity contribution in [3.63, 3.8) is 0 Å². The Balaban J connectivity index is 1.07. The van der Waals surface area contributed by atoms with E-state index in [4.69, 9.17) is 4.74 Å². The minimum absolute atomic E-state index is 0.168. The van der Waals surface area contributed by atoms with E-state index in [9.17, 15) is 9.59 Å². The van der Waals surface area contributed by atoms with Crippen LogP contribution in [-0.2, 0) is 9.59 Å². The number of para-hydroxylation sites is 1. The lowest BCUT2D eigenvalue weighted by Crippen LogP contribution is -2.54. The maximum absolute atomic E-state index is 12.5. The number of hydrogen-bond donors (Lipinski definition) is 1. The second-order valence-electron chi connectivity index (χ2n) is 11.4. The molecule has 35 heavy (non-hydrogen) atoms. The summed E-state index contributed by atoms with van der Waals surface area (Å²) in [6.45, 7) is 5.48. The maximum Gasteiger partial charge on any atom is 0.249 e. The van der Waals surface area contributed by atoms with Crippen molar-refractivity contribution in [3.05, 3.63) is 18.2 Å². The SMILES string of the molecule is O=C1CCC(N2CCOc3c(N4CCN(C5CCC(CCC6CCC6)C5)CC4)cccc32)C(=O)N1. The van der Waals surface area contributed by atoms with Crippen LogP contribution in [0.25, 0.3) is 0 Å². The number of carbonyl (C=O) groups is 2. The normalized spacial score (nSPS) is 30.0. The summed E-state index contributed by atoms with van der Waals surface area (Å²) >= 11 is 0. The third-order valence-electron chi connectivity index (χ3n) is 9.34. The highest BCUT2D eigenvalue weighted by Gasteiger charge is 2.37. The van der Waals surface area contributed by atoms with Crippen LogP contribution in [0.1, 0.15) is 64.2 Å². The van der Waals surface area contributed by atoms with Gasteiger partial charge in [0.2, 0.25) is 11.8 Å². The topological polar surface area (TPSA) is 65.1 Å². The molecule has 2 saturated heterocycles. The molecular formula is C28H40N4O3. The van der Waals surface area contributed by atoms with Gasteiger partial charge in [0.15, 0.2) is 5.75 Å². The molecule has 0 spiro atoms. The van der Waals surface area contributed by atoms with Crippen molar-refractivity contribution in [2.75, 3.05) is 49.1 Å². The molecule has 0 bridgehead atoms. The molecule has 3 atom stereocenters. The standard InChI is InChI=1S/C28H40N4O3/c33-26-12-11-25(28(34)29-26)32-17-18-35-27-23(5-2-6-24(27)32)31-15-13-30(14-16-31)22-10-9-21(19-22)8-7-20-3-1-4-20/h2,5-6,20-22,25H,1,3-4,7-19H2,(H,29,33,34). The highest BCUT2D eigenvalue weighted by molar-refractivity contribution is 6.02.